The number of H-pyrrole nitrogens is 1. The van der Waals surface area contributed by atoms with Gasteiger partial charge in [-0.05, 0) is 42.2 Å². The second-order valence-corrected chi connectivity index (χ2v) is 9.35. The second kappa shape index (κ2) is 9.22. The quantitative estimate of drug-likeness (QED) is 0.581. The van der Waals surface area contributed by atoms with Crippen LogP contribution in [0.15, 0.2) is 73.1 Å². The van der Waals surface area contributed by atoms with Gasteiger partial charge in [0.15, 0.2) is 0 Å². The van der Waals surface area contributed by atoms with Gasteiger partial charge in [0, 0.05) is 37.7 Å². The van der Waals surface area contributed by atoms with E-state index >= 15 is 0 Å². The van der Waals surface area contributed by atoms with Crippen LogP contribution in [0.25, 0.3) is 0 Å². The van der Waals surface area contributed by atoms with E-state index in [0.717, 1.165) is 25.7 Å². The molecule has 6 heteroatoms. The van der Waals surface area contributed by atoms with Crippen LogP contribution in [0.1, 0.15) is 53.1 Å². The lowest BCUT2D eigenvalue weighted by molar-refractivity contribution is -0.123. The molecule has 1 spiro atoms. The molecule has 1 unspecified atom stereocenters. The number of carbonyl (C=O) groups excluding carboxylic acids is 2. The summed E-state index contributed by atoms with van der Waals surface area (Å²) < 4.78 is 0. The molecule has 0 bridgehead atoms. The summed E-state index contributed by atoms with van der Waals surface area (Å²) in [5, 5.41) is 9.78. The van der Waals surface area contributed by atoms with Crippen molar-refractivity contribution in [2.24, 2.45) is 11.3 Å². The number of likely N-dealkylation sites (tertiary alicyclic amines) is 1. The molecule has 2 aliphatic rings. The molecule has 2 heterocycles. The van der Waals surface area contributed by atoms with Crippen LogP contribution in [-0.2, 0) is 4.79 Å². The Balaban J connectivity index is 1.13. The zero-order chi connectivity index (χ0) is 22.7. The van der Waals surface area contributed by atoms with Gasteiger partial charge in [0.1, 0.15) is 0 Å². The number of nitrogens with zero attached hydrogens (tertiary/aromatic N) is 2. The zero-order valence-corrected chi connectivity index (χ0v) is 18.7. The lowest BCUT2D eigenvalue weighted by Gasteiger charge is -2.32. The topological polar surface area (TPSA) is 78.1 Å². The highest BCUT2D eigenvalue weighted by atomic mass is 16.2. The van der Waals surface area contributed by atoms with Crippen molar-refractivity contribution in [2.75, 3.05) is 19.6 Å². The van der Waals surface area contributed by atoms with Gasteiger partial charge in [0.25, 0.3) is 5.91 Å². The molecule has 1 saturated heterocycles. The van der Waals surface area contributed by atoms with E-state index in [-0.39, 0.29) is 29.1 Å². The van der Waals surface area contributed by atoms with E-state index in [1.165, 1.54) is 11.1 Å². The minimum atomic E-state index is 0.0214. The number of rotatable bonds is 7. The van der Waals surface area contributed by atoms with Crippen molar-refractivity contribution in [1.29, 1.82) is 0 Å². The smallest absolute Gasteiger partial charge is 0.257 e. The minimum Gasteiger partial charge on any atom is -0.356 e. The number of hydrogen-bond acceptors (Lipinski definition) is 3. The highest BCUT2D eigenvalue weighted by Crippen LogP contribution is 2.59. The summed E-state index contributed by atoms with van der Waals surface area (Å²) in [5.74, 6) is 0.534. The van der Waals surface area contributed by atoms with E-state index in [1.54, 1.807) is 12.4 Å². The highest BCUT2D eigenvalue weighted by Gasteiger charge is 2.58. The normalized spacial score (nSPS) is 18.9. The van der Waals surface area contributed by atoms with Gasteiger partial charge in [-0.25, -0.2) is 0 Å². The number of amides is 2. The third-order valence-electron chi connectivity index (χ3n) is 7.43. The molecule has 170 valence electrons. The van der Waals surface area contributed by atoms with Crippen LogP contribution in [0.2, 0.25) is 0 Å². The number of nitrogens with one attached hydrogen (secondary N) is 2. The van der Waals surface area contributed by atoms with Gasteiger partial charge in [-0.15, -0.1) is 0 Å². The largest absolute Gasteiger partial charge is 0.356 e. The fourth-order valence-corrected chi connectivity index (χ4v) is 5.34. The van der Waals surface area contributed by atoms with Crippen LogP contribution in [0.3, 0.4) is 0 Å². The SMILES string of the molecule is O=C(NCCC(c1ccccc1)c1ccccc1)C1CC12CCN(C(=O)c1cn[nH]c1)CC2. The van der Waals surface area contributed by atoms with Crippen molar-refractivity contribution in [1.82, 2.24) is 20.4 Å². The average Bonchev–Trinajstić information content (AvgIpc) is 3.28. The summed E-state index contributed by atoms with van der Waals surface area (Å²) in [5.41, 5.74) is 3.23. The Hall–Kier alpha value is -3.41. The van der Waals surface area contributed by atoms with Gasteiger partial charge in [-0.3, -0.25) is 14.7 Å². The molecule has 1 aromatic heterocycles. The first-order valence-electron chi connectivity index (χ1n) is 11.8. The molecule has 1 saturated carbocycles. The fraction of sp³-hybridized carbons (Fsp3) is 0.370. The third kappa shape index (κ3) is 4.56. The predicted octanol–water partition coefficient (Wildman–Crippen LogP) is 3.99. The van der Waals surface area contributed by atoms with Crippen LogP contribution in [0.5, 0.6) is 0 Å². The first kappa shape index (κ1) is 21.4. The second-order valence-electron chi connectivity index (χ2n) is 9.35. The number of carbonyl (C=O) groups is 2. The van der Waals surface area contributed by atoms with E-state index < -0.39 is 0 Å². The Morgan fingerprint density at radius 2 is 1.67 bits per heavy atom. The number of aromatic amines is 1. The predicted molar refractivity (Wildman–Crippen MR) is 127 cm³/mol. The van der Waals surface area contributed by atoms with E-state index in [4.69, 9.17) is 0 Å². The lowest BCUT2D eigenvalue weighted by atomic mass is 9.88. The molecule has 2 amide bonds. The van der Waals surface area contributed by atoms with Gasteiger partial charge < -0.3 is 10.2 Å². The summed E-state index contributed by atoms with van der Waals surface area (Å²) in [6.07, 6.45) is 6.80. The van der Waals surface area contributed by atoms with Crippen molar-refractivity contribution < 1.29 is 9.59 Å². The van der Waals surface area contributed by atoms with Crippen molar-refractivity contribution in [3.8, 4) is 0 Å². The molecule has 2 aromatic carbocycles. The van der Waals surface area contributed by atoms with Gasteiger partial charge in [0.2, 0.25) is 5.91 Å². The maximum absolute atomic E-state index is 12.9. The molecular formula is C27H30N4O2. The zero-order valence-electron chi connectivity index (χ0n) is 18.7. The Labute approximate surface area is 194 Å². The van der Waals surface area contributed by atoms with Crippen molar-refractivity contribution >= 4 is 11.8 Å². The molecule has 5 rings (SSSR count). The van der Waals surface area contributed by atoms with Crippen LogP contribution in [0.4, 0.5) is 0 Å². The molecule has 6 nitrogen and oxygen atoms in total. The molecule has 2 fully saturated rings. The van der Waals surface area contributed by atoms with Crippen molar-refractivity contribution in [2.45, 2.75) is 31.6 Å². The standard InChI is InChI=1S/C27H30N4O2/c32-25(24-17-27(24)12-15-31(16-13-27)26(33)22-18-29-30-19-22)28-14-11-23(20-7-3-1-4-8-20)21-9-5-2-6-10-21/h1-10,18-19,23-24H,11-17H2,(H,28,32)(H,29,30). The Kier molecular flexibility index (Phi) is 5.99. The van der Waals surface area contributed by atoms with Gasteiger partial charge in [-0.1, -0.05) is 60.7 Å². The summed E-state index contributed by atoms with van der Waals surface area (Å²) in [6.45, 7) is 2.07. The minimum absolute atomic E-state index is 0.0214. The first-order chi connectivity index (χ1) is 16.2. The Morgan fingerprint density at radius 1 is 1.03 bits per heavy atom. The summed E-state index contributed by atoms with van der Waals surface area (Å²) >= 11 is 0. The van der Waals surface area contributed by atoms with Crippen LogP contribution in [-0.4, -0.2) is 46.5 Å². The number of aromatic nitrogens is 2. The molecule has 2 N–H and O–H groups in total. The summed E-state index contributed by atoms with van der Waals surface area (Å²) in [4.78, 5) is 27.3. The van der Waals surface area contributed by atoms with Crippen LogP contribution >= 0.6 is 0 Å². The van der Waals surface area contributed by atoms with Gasteiger partial charge in [0.05, 0.1) is 11.8 Å². The molecule has 33 heavy (non-hydrogen) atoms. The number of piperidine rings is 1. The van der Waals surface area contributed by atoms with Crippen molar-refractivity contribution in [3.63, 3.8) is 0 Å². The van der Waals surface area contributed by atoms with E-state index in [1.807, 2.05) is 17.0 Å². The monoisotopic (exact) mass is 442 g/mol. The summed E-state index contributed by atoms with van der Waals surface area (Å²) in [6, 6.07) is 21.0. The average molecular weight is 443 g/mol. The molecule has 0 radical (unpaired) electrons. The highest BCUT2D eigenvalue weighted by molar-refractivity contribution is 5.93. The number of benzene rings is 2. The molecule has 1 aliphatic heterocycles. The summed E-state index contributed by atoms with van der Waals surface area (Å²) in [7, 11) is 0. The molecule has 1 atom stereocenters. The first-order valence-corrected chi connectivity index (χ1v) is 11.8. The lowest BCUT2D eigenvalue weighted by Crippen LogP contribution is -2.40. The molecular weight excluding hydrogens is 412 g/mol. The molecule has 1 aliphatic carbocycles. The van der Waals surface area contributed by atoms with E-state index in [9.17, 15) is 9.59 Å². The van der Waals surface area contributed by atoms with Gasteiger partial charge in [-0.2, -0.15) is 5.10 Å². The van der Waals surface area contributed by atoms with E-state index in [0.29, 0.717) is 25.2 Å². The van der Waals surface area contributed by atoms with Gasteiger partial charge >= 0.3 is 0 Å². The molecule has 3 aromatic rings. The Morgan fingerprint density at radius 3 is 2.24 bits per heavy atom. The maximum atomic E-state index is 12.9. The Bertz CT molecular complexity index is 1030. The van der Waals surface area contributed by atoms with Crippen LogP contribution in [0, 0.1) is 11.3 Å². The van der Waals surface area contributed by atoms with Crippen molar-refractivity contribution in [3.05, 3.63) is 89.7 Å². The maximum Gasteiger partial charge on any atom is 0.257 e. The number of hydrogen-bond donors (Lipinski definition) is 2. The van der Waals surface area contributed by atoms with E-state index in [2.05, 4.69) is 64.0 Å². The third-order valence-corrected chi connectivity index (χ3v) is 7.43. The van der Waals surface area contributed by atoms with Crippen LogP contribution < -0.4 is 5.32 Å². The fourth-order valence-electron chi connectivity index (χ4n) is 5.34.